The minimum atomic E-state index is -0.656. The second-order valence-electron chi connectivity index (χ2n) is 7.63. The first kappa shape index (κ1) is 17.2. The van der Waals surface area contributed by atoms with Gasteiger partial charge < -0.3 is 5.11 Å². The zero-order chi connectivity index (χ0) is 16.6. The van der Waals surface area contributed by atoms with Crippen molar-refractivity contribution in [1.29, 1.82) is 0 Å². The van der Waals surface area contributed by atoms with Crippen molar-refractivity contribution < 1.29 is 9.90 Å². The van der Waals surface area contributed by atoms with Gasteiger partial charge in [-0.3, -0.25) is 19.5 Å². The number of hydrogen-bond acceptors (Lipinski definition) is 4. The first-order valence-corrected chi connectivity index (χ1v) is 9.60. The third kappa shape index (κ3) is 3.28. The van der Waals surface area contributed by atoms with Gasteiger partial charge in [0, 0.05) is 37.8 Å². The van der Waals surface area contributed by atoms with Crippen molar-refractivity contribution in [2.75, 3.05) is 19.6 Å². The maximum Gasteiger partial charge on any atom is 0.308 e. The summed E-state index contributed by atoms with van der Waals surface area (Å²) in [6, 6.07) is 1.76. The molecule has 5 heteroatoms. The van der Waals surface area contributed by atoms with E-state index in [1.165, 1.54) is 38.5 Å². The highest BCUT2D eigenvalue weighted by atomic mass is 16.4. The van der Waals surface area contributed by atoms with Crippen LogP contribution >= 0.6 is 0 Å². The van der Waals surface area contributed by atoms with Gasteiger partial charge in [0.05, 0.1) is 6.42 Å². The molecule has 0 radical (unpaired) electrons. The average molecular weight is 323 g/mol. The summed E-state index contributed by atoms with van der Waals surface area (Å²) in [5, 5.41) is 9.65. The molecule has 0 bridgehead atoms. The Kier molecular flexibility index (Phi) is 5.00. The summed E-state index contributed by atoms with van der Waals surface area (Å²) in [5.41, 5.74) is 0. The van der Waals surface area contributed by atoms with Crippen LogP contribution in [0.15, 0.2) is 0 Å². The SMILES string of the molecule is CCCC1CN1C(CC(=O)O)(N1CC1CCC)N1CC1CCC. The number of carbonyl (C=O) groups is 1. The van der Waals surface area contributed by atoms with Crippen LogP contribution in [0.4, 0.5) is 0 Å². The van der Waals surface area contributed by atoms with E-state index >= 15 is 0 Å². The molecule has 23 heavy (non-hydrogen) atoms. The molecule has 5 nitrogen and oxygen atoms in total. The van der Waals surface area contributed by atoms with Gasteiger partial charge in [-0.05, 0) is 19.3 Å². The van der Waals surface area contributed by atoms with Gasteiger partial charge in [-0.25, -0.2) is 0 Å². The Bertz CT molecular complexity index is 392. The molecular weight excluding hydrogens is 290 g/mol. The van der Waals surface area contributed by atoms with Gasteiger partial charge in [0.2, 0.25) is 0 Å². The summed E-state index contributed by atoms with van der Waals surface area (Å²) >= 11 is 0. The summed E-state index contributed by atoms with van der Waals surface area (Å²) in [6.07, 6.45) is 7.37. The van der Waals surface area contributed by atoms with Crippen LogP contribution in [0.25, 0.3) is 0 Å². The third-order valence-corrected chi connectivity index (χ3v) is 5.78. The Balaban J connectivity index is 1.80. The number of aliphatic carboxylic acids is 1. The van der Waals surface area contributed by atoms with E-state index in [2.05, 4.69) is 35.5 Å². The Morgan fingerprint density at radius 3 is 1.48 bits per heavy atom. The third-order valence-electron chi connectivity index (χ3n) is 5.78. The largest absolute Gasteiger partial charge is 0.481 e. The van der Waals surface area contributed by atoms with Crippen LogP contribution in [-0.2, 0) is 4.79 Å². The smallest absolute Gasteiger partial charge is 0.308 e. The normalized spacial score (nSPS) is 40.5. The highest BCUT2D eigenvalue weighted by Gasteiger charge is 2.66. The highest BCUT2D eigenvalue weighted by molar-refractivity contribution is 5.68. The molecule has 3 rings (SSSR count). The maximum atomic E-state index is 11.7. The summed E-state index contributed by atoms with van der Waals surface area (Å²) in [6.45, 7) is 9.90. The van der Waals surface area contributed by atoms with Crippen molar-refractivity contribution in [2.24, 2.45) is 0 Å². The fourth-order valence-corrected chi connectivity index (χ4v) is 4.60. The Morgan fingerprint density at radius 2 is 1.22 bits per heavy atom. The zero-order valence-corrected chi connectivity index (χ0v) is 15.0. The lowest BCUT2D eigenvalue weighted by Gasteiger charge is -2.39. The Hall–Kier alpha value is -0.650. The molecule has 6 unspecified atom stereocenters. The van der Waals surface area contributed by atoms with Crippen LogP contribution in [0.5, 0.6) is 0 Å². The highest BCUT2D eigenvalue weighted by Crippen LogP contribution is 2.50. The summed E-state index contributed by atoms with van der Waals surface area (Å²) in [4.78, 5) is 19.2. The number of carboxylic acids is 1. The van der Waals surface area contributed by atoms with Gasteiger partial charge in [0.25, 0.3) is 0 Å². The molecule has 3 aliphatic rings. The lowest BCUT2D eigenvalue weighted by Crippen LogP contribution is -2.56. The van der Waals surface area contributed by atoms with Crippen LogP contribution < -0.4 is 0 Å². The molecule has 3 aliphatic heterocycles. The molecule has 0 aromatic heterocycles. The van der Waals surface area contributed by atoms with E-state index in [0.717, 1.165) is 19.6 Å². The van der Waals surface area contributed by atoms with Crippen molar-refractivity contribution in [3.63, 3.8) is 0 Å². The average Bonchev–Trinajstić information content (AvgIpc) is 3.33. The molecular formula is C18H33N3O2. The Labute approximate surface area is 140 Å². The topological polar surface area (TPSA) is 46.3 Å². The summed E-state index contributed by atoms with van der Waals surface area (Å²) in [7, 11) is 0. The zero-order valence-electron chi connectivity index (χ0n) is 15.0. The molecule has 0 spiro atoms. The predicted molar refractivity (Wildman–Crippen MR) is 91.2 cm³/mol. The second kappa shape index (κ2) is 6.69. The van der Waals surface area contributed by atoms with Crippen LogP contribution in [0, 0.1) is 0 Å². The second-order valence-corrected chi connectivity index (χ2v) is 7.63. The molecule has 0 aromatic rings. The number of carboxylic acid groups (broad SMARTS) is 1. The van der Waals surface area contributed by atoms with E-state index in [-0.39, 0.29) is 12.2 Å². The van der Waals surface area contributed by atoms with Gasteiger partial charge >= 0.3 is 5.97 Å². The number of rotatable bonds is 11. The van der Waals surface area contributed by atoms with E-state index < -0.39 is 5.97 Å². The number of nitrogens with zero attached hydrogens (tertiary/aromatic N) is 3. The van der Waals surface area contributed by atoms with Gasteiger partial charge in [-0.2, -0.15) is 0 Å². The molecule has 3 saturated heterocycles. The molecule has 0 aliphatic carbocycles. The molecule has 0 amide bonds. The first-order valence-electron chi connectivity index (χ1n) is 9.60. The molecule has 0 saturated carbocycles. The predicted octanol–water partition coefficient (Wildman–Crippen LogP) is 2.57. The molecule has 132 valence electrons. The van der Waals surface area contributed by atoms with E-state index in [1.807, 2.05) is 0 Å². The fourth-order valence-electron chi connectivity index (χ4n) is 4.60. The summed E-state index contributed by atoms with van der Waals surface area (Å²) in [5.74, 6) is -0.984. The molecule has 1 N–H and O–H groups in total. The monoisotopic (exact) mass is 323 g/mol. The lowest BCUT2D eigenvalue weighted by atomic mass is 10.1. The van der Waals surface area contributed by atoms with Crippen molar-refractivity contribution in [3.05, 3.63) is 0 Å². The van der Waals surface area contributed by atoms with Gasteiger partial charge in [0.1, 0.15) is 5.79 Å². The Morgan fingerprint density at radius 1 is 0.870 bits per heavy atom. The minimum Gasteiger partial charge on any atom is -0.481 e. The number of hydrogen-bond donors (Lipinski definition) is 1. The van der Waals surface area contributed by atoms with Gasteiger partial charge in [-0.15, -0.1) is 0 Å². The molecule has 0 aromatic carbocycles. The van der Waals surface area contributed by atoms with Crippen molar-refractivity contribution in [1.82, 2.24) is 14.7 Å². The summed E-state index contributed by atoms with van der Waals surface area (Å²) < 4.78 is 0. The van der Waals surface area contributed by atoms with E-state index in [1.54, 1.807) is 0 Å². The van der Waals surface area contributed by atoms with E-state index in [0.29, 0.717) is 18.1 Å². The van der Waals surface area contributed by atoms with E-state index in [9.17, 15) is 9.90 Å². The standard InChI is InChI=1S/C18H33N3O2/c1-4-7-14-11-19(14)18(10-17(22)23,20-12-15(20)8-5-2)21-13-16(21)9-6-3/h14-16H,4-13H2,1-3H3,(H,22,23). The minimum absolute atomic E-state index is 0.244. The quantitative estimate of drug-likeness (QED) is 0.592. The molecule has 3 heterocycles. The van der Waals surface area contributed by atoms with Gasteiger partial charge in [0.15, 0.2) is 0 Å². The molecule has 3 fully saturated rings. The van der Waals surface area contributed by atoms with Crippen LogP contribution in [0.1, 0.15) is 65.7 Å². The van der Waals surface area contributed by atoms with E-state index in [4.69, 9.17) is 0 Å². The fraction of sp³-hybridized carbons (Fsp3) is 0.944. The van der Waals surface area contributed by atoms with Crippen molar-refractivity contribution >= 4 is 5.97 Å². The van der Waals surface area contributed by atoms with Crippen LogP contribution in [0.2, 0.25) is 0 Å². The molecule has 6 atom stereocenters. The van der Waals surface area contributed by atoms with Crippen molar-refractivity contribution in [2.45, 2.75) is 89.6 Å². The maximum absolute atomic E-state index is 11.7. The first-order chi connectivity index (χ1) is 11.1. The van der Waals surface area contributed by atoms with Crippen LogP contribution in [0.3, 0.4) is 0 Å². The lowest BCUT2D eigenvalue weighted by molar-refractivity contribution is -0.146. The van der Waals surface area contributed by atoms with Gasteiger partial charge in [-0.1, -0.05) is 40.0 Å². The van der Waals surface area contributed by atoms with Crippen molar-refractivity contribution in [3.8, 4) is 0 Å². The van der Waals surface area contributed by atoms with Crippen LogP contribution in [-0.4, -0.2) is 69.3 Å².